The molecule has 5 heterocycles. The zero-order chi connectivity index (χ0) is 42.9. The van der Waals surface area contributed by atoms with Crippen molar-refractivity contribution in [1.29, 1.82) is 0 Å². The summed E-state index contributed by atoms with van der Waals surface area (Å²) in [5.41, 5.74) is -0.818. The van der Waals surface area contributed by atoms with Gasteiger partial charge in [-0.1, -0.05) is 78.1 Å². The molecule has 3 aliphatic rings. The second-order valence-corrected chi connectivity index (χ2v) is 15.1. The van der Waals surface area contributed by atoms with Crippen LogP contribution in [0.3, 0.4) is 0 Å². The third-order valence-electron chi connectivity index (χ3n) is 9.37. The number of ketones is 1. The van der Waals surface area contributed by atoms with Gasteiger partial charge in [-0.15, -0.1) is 11.6 Å². The van der Waals surface area contributed by atoms with Crippen LogP contribution in [0.4, 0.5) is 14.6 Å². The van der Waals surface area contributed by atoms with Crippen molar-refractivity contribution in [1.82, 2.24) is 19.8 Å². The average molecular weight is 1010 g/mol. The van der Waals surface area contributed by atoms with Gasteiger partial charge in [0.15, 0.2) is 23.0 Å². The van der Waals surface area contributed by atoms with E-state index in [0.29, 0.717) is 10.0 Å². The predicted molar refractivity (Wildman–Crippen MR) is 216 cm³/mol. The minimum Gasteiger partial charge on any atom is -1.00 e. The Morgan fingerprint density at radius 3 is 1.82 bits per heavy atom. The molecule has 0 radical (unpaired) electrons. The molecule has 3 aliphatic heterocycles. The number of piperazine rings is 1. The number of carbonyl (C=O) groups excluding carboxylic acids is 5. The van der Waals surface area contributed by atoms with Crippen molar-refractivity contribution >= 4 is 93.8 Å². The van der Waals surface area contributed by atoms with Crippen molar-refractivity contribution in [2.24, 2.45) is 0 Å². The molecule has 3 saturated heterocycles. The number of carbonyl (C=O) groups is 5. The van der Waals surface area contributed by atoms with Gasteiger partial charge in [0, 0.05) is 35.5 Å². The Morgan fingerprint density at radius 2 is 1.37 bits per heavy atom. The van der Waals surface area contributed by atoms with E-state index in [0.717, 1.165) is 28.2 Å². The number of rotatable bonds is 11. The van der Waals surface area contributed by atoms with Crippen LogP contribution in [0.1, 0.15) is 25.7 Å². The van der Waals surface area contributed by atoms with Crippen molar-refractivity contribution < 1.29 is 157 Å². The van der Waals surface area contributed by atoms with Crippen LogP contribution in [0.15, 0.2) is 73.1 Å². The molecular formula is C39H36Cl5F2K2N5O9. The first-order valence-electron chi connectivity index (χ1n) is 17.2. The normalized spacial score (nSPS) is 15.3. The maximum atomic E-state index is 14.3. The van der Waals surface area contributed by atoms with Gasteiger partial charge in [0.05, 0.1) is 48.6 Å². The van der Waals surface area contributed by atoms with E-state index >= 15 is 0 Å². The van der Waals surface area contributed by atoms with Crippen LogP contribution in [0.5, 0.6) is 0 Å². The van der Waals surface area contributed by atoms with Gasteiger partial charge in [-0.3, -0.25) is 33.9 Å². The van der Waals surface area contributed by atoms with Crippen molar-refractivity contribution in [3.8, 4) is 0 Å². The topological polar surface area (TPSA) is 172 Å². The molecule has 4 aromatic rings. The molecule has 322 valence electrons. The van der Waals surface area contributed by atoms with E-state index in [9.17, 15) is 28.0 Å². The SMILES string of the molecule is C.O=C(CCl)N(Cc1ccc(Cl)cc1)C1(C(=O)Cc2ncc(Cl)cc2F)COC1.O=C1CN(c2ncc(Cl)cc2F)C(=O)C2(COC2)N1Cc1ccc(Cl)cc1.O=CO[O-].[H-].[K+].[K+]. The second kappa shape index (κ2) is 26.2. The summed E-state index contributed by atoms with van der Waals surface area (Å²) in [7, 11) is 0. The Bertz CT molecular complexity index is 2200. The average Bonchev–Trinajstić information content (AvgIpc) is 3.17. The van der Waals surface area contributed by atoms with Crippen LogP contribution in [-0.2, 0) is 57.8 Å². The standard InChI is InChI=1S/C19H16Cl3FN2O3.C18H14Cl2FN3O3.CH2O3.CH4.2K.H/c20-7-18(27)25(9-12-1-3-13(21)4-2-12)19(10-28-11-19)17(26)6-16-15(23)5-14(22)8-24-16;19-12-3-1-11(2-4-12)7-24-15(25)8-23(17(26)18(24)9-27-10-18)16-14(21)5-13(20)6-22-16;2-1-4-3;;;;/h1-5,8H,6-7,9-11H2;1-6H,7-10H2;1,3H;1H4;;;/q;;;;2*+1;-1/p-1. The Hall–Kier alpha value is -1.25. The van der Waals surface area contributed by atoms with Gasteiger partial charge >= 0.3 is 103 Å². The molecule has 0 N–H and O–H groups in total. The molecular weight excluding hydrogens is 976 g/mol. The monoisotopic (exact) mass is 1010 g/mol. The predicted octanol–water partition coefficient (Wildman–Crippen LogP) is -0.461. The van der Waals surface area contributed by atoms with Gasteiger partial charge in [0.1, 0.15) is 23.8 Å². The number of alkyl halides is 1. The fraction of sp³-hybridized carbons (Fsp3) is 0.308. The van der Waals surface area contributed by atoms with Crippen molar-refractivity contribution in [2.45, 2.75) is 38.0 Å². The summed E-state index contributed by atoms with van der Waals surface area (Å²) < 4.78 is 38.9. The molecule has 0 unspecified atom stereocenters. The van der Waals surface area contributed by atoms with Gasteiger partial charge in [-0.2, -0.15) is 0 Å². The zero-order valence-electron chi connectivity index (χ0n) is 33.4. The zero-order valence-corrected chi connectivity index (χ0v) is 42.5. The molecule has 1 spiro atoms. The summed E-state index contributed by atoms with van der Waals surface area (Å²) in [4.78, 5) is 74.6. The summed E-state index contributed by atoms with van der Waals surface area (Å²) in [6.45, 7) is 0.0197. The summed E-state index contributed by atoms with van der Waals surface area (Å²) in [6.07, 6.45) is 2.22. The van der Waals surface area contributed by atoms with Crippen molar-refractivity contribution in [3.05, 3.63) is 122 Å². The van der Waals surface area contributed by atoms with E-state index in [1.165, 1.54) is 22.2 Å². The molecule has 0 aliphatic carbocycles. The minimum atomic E-state index is -1.22. The van der Waals surface area contributed by atoms with Crippen LogP contribution in [0.2, 0.25) is 20.1 Å². The molecule has 0 atom stereocenters. The molecule has 14 nitrogen and oxygen atoms in total. The third-order valence-corrected chi connectivity index (χ3v) is 10.5. The first kappa shape index (κ1) is 56.9. The summed E-state index contributed by atoms with van der Waals surface area (Å²) in [5.74, 6) is -3.47. The van der Waals surface area contributed by atoms with Gasteiger partial charge in [0.25, 0.3) is 12.4 Å². The number of pyridine rings is 2. The molecule has 23 heteroatoms. The molecule has 3 amide bonds. The van der Waals surface area contributed by atoms with Crippen LogP contribution in [-0.4, -0.2) is 99.7 Å². The van der Waals surface area contributed by atoms with Gasteiger partial charge in [-0.25, -0.2) is 13.8 Å². The number of Topliss-reactive ketones (excluding diaryl/α,β-unsaturated/α-hetero) is 1. The van der Waals surface area contributed by atoms with E-state index in [1.54, 1.807) is 48.5 Å². The van der Waals surface area contributed by atoms with Gasteiger partial charge < -0.3 is 30.8 Å². The smallest absolute Gasteiger partial charge is 1.00 e. The number of anilines is 1. The molecule has 7 rings (SSSR count). The van der Waals surface area contributed by atoms with Crippen LogP contribution >= 0.6 is 58.0 Å². The summed E-state index contributed by atoms with van der Waals surface area (Å²) in [5, 5.41) is 9.81. The number of halogens is 7. The van der Waals surface area contributed by atoms with Crippen molar-refractivity contribution in [2.75, 3.05) is 43.8 Å². The summed E-state index contributed by atoms with van der Waals surface area (Å²) in [6, 6.07) is 16.1. The fourth-order valence-electron chi connectivity index (χ4n) is 6.24. The number of nitrogens with zero attached hydrogens (tertiary/aromatic N) is 5. The maximum Gasteiger partial charge on any atom is 1.00 e. The Kier molecular flexibility index (Phi) is 24.0. The minimum absolute atomic E-state index is 0. The Labute approximate surface area is 467 Å². The largest absolute Gasteiger partial charge is 1.00 e. The number of benzene rings is 2. The van der Waals surface area contributed by atoms with Crippen LogP contribution in [0.25, 0.3) is 0 Å². The molecule has 2 aromatic heterocycles. The van der Waals surface area contributed by atoms with Crippen molar-refractivity contribution in [3.63, 3.8) is 0 Å². The number of aromatic nitrogens is 2. The van der Waals surface area contributed by atoms with Gasteiger partial charge in [-0.05, 0) is 47.5 Å². The van der Waals surface area contributed by atoms with Gasteiger partial charge in [0.2, 0.25) is 11.8 Å². The maximum absolute atomic E-state index is 14.3. The number of hydrogen-bond donors (Lipinski definition) is 0. The summed E-state index contributed by atoms with van der Waals surface area (Å²) >= 11 is 29.0. The first-order valence-corrected chi connectivity index (χ1v) is 19.2. The van der Waals surface area contributed by atoms with E-state index < -0.39 is 34.5 Å². The number of amides is 3. The number of ether oxygens (including phenoxy) is 2. The van der Waals surface area contributed by atoms with Crippen LogP contribution < -0.4 is 113 Å². The Balaban J connectivity index is 0.000000549. The first-order chi connectivity index (χ1) is 28.2. The quantitative estimate of drug-likeness (QED) is 0.0627. The Morgan fingerprint density at radius 1 is 0.855 bits per heavy atom. The van der Waals surface area contributed by atoms with E-state index in [2.05, 4.69) is 14.9 Å². The molecule has 3 fully saturated rings. The fourth-order valence-corrected chi connectivity index (χ4v) is 6.92. The second-order valence-electron chi connectivity index (χ2n) is 13.1. The molecule has 2 aromatic carbocycles. The van der Waals surface area contributed by atoms with Crippen LogP contribution in [0, 0.1) is 11.6 Å². The van der Waals surface area contributed by atoms with E-state index in [1.807, 2.05) is 0 Å². The number of hydrogen-bond acceptors (Lipinski definition) is 11. The van der Waals surface area contributed by atoms with E-state index in [4.69, 9.17) is 77.5 Å². The third kappa shape index (κ3) is 13.7. The molecule has 62 heavy (non-hydrogen) atoms. The van der Waals surface area contributed by atoms with E-state index in [-0.39, 0.29) is 210 Å². The molecule has 0 saturated carbocycles. The molecule has 0 bridgehead atoms.